The molecule has 0 aliphatic carbocycles. The largest absolute Gasteiger partial charge is 0.477 e. The van der Waals surface area contributed by atoms with Gasteiger partial charge in [0.1, 0.15) is 10.7 Å². The molecule has 0 bridgehead atoms. The van der Waals surface area contributed by atoms with Crippen LogP contribution < -0.4 is 4.90 Å². The van der Waals surface area contributed by atoms with Crippen LogP contribution in [0, 0.1) is 5.82 Å². The second kappa shape index (κ2) is 5.18. The molecular formula is C13H12FNO2S. The molecule has 0 spiro atoms. The van der Waals surface area contributed by atoms with Crippen LogP contribution in [0.25, 0.3) is 0 Å². The second-order valence-corrected chi connectivity index (χ2v) is 4.73. The molecule has 0 unspecified atom stereocenters. The minimum Gasteiger partial charge on any atom is -0.477 e. The van der Waals surface area contributed by atoms with Crippen molar-refractivity contribution in [1.29, 1.82) is 0 Å². The van der Waals surface area contributed by atoms with E-state index in [0.717, 1.165) is 10.7 Å². The summed E-state index contributed by atoms with van der Waals surface area (Å²) in [6.45, 7) is 2.65. The summed E-state index contributed by atoms with van der Waals surface area (Å²) in [7, 11) is 0. The number of hydrogen-bond donors (Lipinski definition) is 1. The summed E-state index contributed by atoms with van der Waals surface area (Å²) < 4.78 is 12.9. The van der Waals surface area contributed by atoms with Crippen LogP contribution in [0.4, 0.5) is 15.1 Å². The molecule has 1 heterocycles. The summed E-state index contributed by atoms with van der Waals surface area (Å²) in [5.74, 6) is -1.21. The molecule has 1 N–H and O–H groups in total. The normalized spacial score (nSPS) is 10.3. The number of nitrogens with zero attached hydrogens (tertiary/aromatic N) is 1. The highest BCUT2D eigenvalue weighted by atomic mass is 32.1. The van der Waals surface area contributed by atoms with Crippen molar-refractivity contribution in [3.8, 4) is 0 Å². The minimum atomic E-state index is -0.929. The van der Waals surface area contributed by atoms with Gasteiger partial charge in [-0.05, 0) is 43.3 Å². The van der Waals surface area contributed by atoms with E-state index >= 15 is 0 Å². The second-order valence-electron chi connectivity index (χ2n) is 3.66. The number of carboxylic acid groups (broad SMARTS) is 1. The van der Waals surface area contributed by atoms with Gasteiger partial charge in [0.05, 0.1) is 5.00 Å². The van der Waals surface area contributed by atoms with Crippen molar-refractivity contribution in [2.24, 2.45) is 0 Å². The average Bonchev–Trinajstić information content (AvgIpc) is 2.82. The third-order valence-electron chi connectivity index (χ3n) is 2.52. The fourth-order valence-electron chi connectivity index (χ4n) is 1.67. The Balaban J connectivity index is 2.32. The molecule has 5 heteroatoms. The molecule has 0 saturated heterocycles. The average molecular weight is 265 g/mol. The molecule has 1 aromatic heterocycles. The molecule has 2 rings (SSSR count). The number of rotatable bonds is 4. The Bertz CT molecular complexity index is 550. The molecule has 0 radical (unpaired) electrons. The van der Waals surface area contributed by atoms with Gasteiger partial charge in [0.25, 0.3) is 0 Å². The molecule has 0 aliphatic heterocycles. The molecule has 0 saturated carbocycles. The molecule has 1 aromatic carbocycles. The van der Waals surface area contributed by atoms with Crippen molar-refractivity contribution in [1.82, 2.24) is 0 Å². The quantitative estimate of drug-likeness (QED) is 0.915. The highest BCUT2D eigenvalue weighted by molar-refractivity contribution is 7.17. The number of hydrogen-bond acceptors (Lipinski definition) is 3. The van der Waals surface area contributed by atoms with Crippen molar-refractivity contribution in [2.75, 3.05) is 11.4 Å². The van der Waals surface area contributed by atoms with E-state index in [4.69, 9.17) is 5.11 Å². The van der Waals surface area contributed by atoms with Gasteiger partial charge in [-0.2, -0.15) is 0 Å². The van der Waals surface area contributed by atoms with Crippen LogP contribution in [0.3, 0.4) is 0 Å². The number of carbonyl (C=O) groups is 1. The van der Waals surface area contributed by atoms with E-state index in [-0.39, 0.29) is 5.82 Å². The van der Waals surface area contributed by atoms with E-state index in [1.807, 2.05) is 11.8 Å². The van der Waals surface area contributed by atoms with Gasteiger partial charge < -0.3 is 10.0 Å². The van der Waals surface area contributed by atoms with Crippen molar-refractivity contribution in [2.45, 2.75) is 6.92 Å². The Morgan fingerprint density at radius 2 is 1.94 bits per heavy atom. The minimum absolute atomic E-state index is 0.285. The van der Waals surface area contributed by atoms with Crippen LogP contribution in [-0.2, 0) is 0 Å². The number of carboxylic acids is 1. The number of benzene rings is 1. The zero-order valence-electron chi connectivity index (χ0n) is 9.76. The van der Waals surface area contributed by atoms with Crippen molar-refractivity contribution >= 4 is 28.0 Å². The van der Waals surface area contributed by atoms with Gasteiger partial charge in [-0.25, -0.2) is 9.18 Å². The van der Waals surface area contributed by atoms with E-state index in [9.17, 15) is 9.18 Å². The zero-order valence-corrected chi connectivity index (χ0v) is 10.6. The van der Waals surface area contributed by atoms with E-state index in [1.54, 1.807) is 24.3 Å². The van der Waals surface area contributed by atoms with Gasteiger partial charge in [0.2, 0.25) is 0 Å². The maximum Gasteiger partial charge on any atom is 0.345 e. The fourth-order valence-corrected chi connectivity index (χ4v) is 2.60. The van der Waals surface area contributed by atoms with Crippen molar-refractivity contribution in [3.63, 3.8) is 0 Å². The number of thiophene rings is 1. The van der Waals surface area contributed by atoms with Gasteiger partial charge in [0.15, 0.2) is 0 Å². The molecule has 0 aliphatic rings. The molecule has 94 valence electrons. The van der Waals surface area contributed by atoms with Gasteiger partial charge in [-0.15, -0.1) is 11.3 Å². The first-order valence-corrected chi connectivity index (χ1v) is 6.29. The Labute approximate surface area is 108 Å². The highest BCUT2D eigenvalue weighted by Crippen LogP contribution is 2.31. The topological polar surface area (TPSA) is 40.5 Å². The third kappa shape index (κ3) is 2.51. The lowest BCUT2D eigenvalue weighted by Crippen LogP contribution is -2.14. The van der Waals surface area contributed by atoms with Crippen LogP contribution in [0.2, 0.25) is 0 Å². The lowest BCUT2D eigenvalue weighted by atomic mass is 10.3. The molecular weight excluding hydrogens is 253 g/mol. The van der Waals surface area contributed by atoms with E-state index in [2.05, 4.69) is 0 Å². The summed E-state index contributed by atoms with van der Waals surface area (Å²) >= 11 is 1.21. The summed E-state index contributed by atoms with van der Waals surface area (Å²) in [5, 5.41) is 9.74. The van der Waals surface area contributed by atoms with Crippen LogP contribution in [0.1, 0.15) is 16.6 Å². The monoisotopic (exact) mass is 265 g/mol. The van der Waals surface area contributed by atoms with Gasteiger partial charge in [0, 0.05) is 12.2 Å². The summed E-state index contributed by atoms with van der Waals surface area (Å²) in [6.07, 6.45) is 0. The van der Waals surface area contributed by atoms with Crippen LogP contribution in [0.5, 0.6) is 0 Å². The Morgan fingerprint density at radius 3 is 2.44 bits per heavy atom. The predicted octanol–water partition coefficient (Wildman–Crippen LogP) is 3.74. The van der Waals surface area contributed by atoms with E-state index in [0.29, 0.717) is 11.4 Å². The summed E-state index contributed by atoms with van der Waals surface area (Å²) in [4.78, 5) is 13.1. The summed E-state index contributed by atoms with van der Waals surface area (Å²) in [6, 6.07) is 9.49. The number of aromatic carboxylic acids is 1. The molecule has 2 aromatic rings. The maximum atomic E-state index is 12.9. The first-order chi connectivity index (χ1) is 8.61. The third-order valence-corrected chi connectivity index (χ3v) is 3.62. The SMILES string of the molecule is CCN(c1ccc(F)cc1)c1ccc(C(=O)O)s1. The lowest BCUT2D eigenvalue weighted by molar-refractivity contribution is 0.0702. The smallest absolute Gasteiger partial charge is 0.345 e. The Kier molecular flexibility index (Phi) is 3.62. The van der Waals surface area contributed by atoms with E-state index in [1.165, 1.54) is 23.5 Å². The number of halogens is 1. The summed E-state index contributed by atoms with van der Waals surface area (Å²) in [5.41, 5.74) is 0.845. The van der Waals surface area contributed by atoms with Crippen molar-refractivity contribution < 1.29 is 14.3 Å². The Morgan fingerprint density at radius 1 is 1.28 bits per heavy atom. The molecule has 18 heavy (non-hydrogen) atoms. The highest BCUT2D eigenvalue weighted by Gasteiger charge is 2.13. The van der Waals surface area contributed by atoms with Gasteiger partial charge in [-0.1, -0.05) is 0 Å². The fraction of sp³-hybridized carbons (Fsp3) is 0.154. The van der Waals surface area contributed by atoms with E-state index < -0.39 is 5.97 Å². The molecule has 0 amide bonds. The first-order valence-electron chi connectivity index (χ1n) is 5.48. The zero-order chi connectivity index (χ0) is 13.1. The van der Waals surface area contributed by atoms with Crippen LogP contribution in [0.15, 0.2) is 36.4 Å². The number of anilines is 2. The maximum absolute atomic E-state index is 12.9. The predicted molar refractivity (Wildman–Crippen MR) is 70.4 cm³/mol. The molecule has 3 nitrogen and oxygen atoms in total. The van der Waals surface area contributed by atoms with Crippen LogP contribution >= 0.6 is 11.3 Å². The Hall–Kier alpha value is -1.88. The van der Waals surface area contributed by atoms with Crippen molar-refractivity contribution in [3.05, 3.63) is 47.1 Å². The molecule has 0 fully saturated rings. The lowest BCUT2D eigenvalue weighted by Gasteiger charge is -2.21. The van der Waals surface area contributed by atoms with Gasteiger partial charge >= 0.3 is 5.97 Å². The van der Waals surface area contributed by atoms with Gasteiger partial charge in [-0.3, -0.25) is 0 Å². The van der Waals surface area contributed by atoms with Crippen LogP contribution in [-0.4, -0.2) is 17.6 Å². The first kappa shape index (κ1) is 12.6. The molecule has 0 atom stereocenters. The standard InChI is InChI=1S/C13H12FNO2S/c1-2-15(10-5-3-9(14)4-6-10)12-8-7-11(18-12)13(16)17/h3-8H,2H2,1H3,(H,16,17).